The summed E-state index contributed by atoms with van der Waals surface area (Å²) in [6, 6.07) is 1.36. The van der Waals surface area contributed by atoms with E-state index < -0.39 is 5.91 Å². The molecular weight excluding hydrogens is 204 g/mol. The van der Waals surface area contributed by atoms with Gasteiger partial charge in [-0.1, -0.05) is 0 Å². The van der Waals surface area contributed by atoms with Crippen LogP contribution in [0.25, 0.3) is 0 Å². The van der Waals surface area contributed by atoms with Crippen molar-refractivity contribution in [3.05, 3.63) is 24.0 Å². The van der Waals surface area contributed by atoms with Crippen LogP contribution >= 0.6 is 0 Å². The van der Waals surface area contributed by atoms with E-state index in [1.54, 1.807) is 0 Å². The summed E-state index contributed by atoms with van der Waals surface area (Å²) in [4.78, 5) is 18.0. The minimum atomic E-state index is -0.670. The van der Waals surface area contributed by atoms with Gasteiger partial charge in [-0.3, -0.25) is 9.78 Å². The minimum Gasteiger partial charge on any atom is -0.365 e. The molecule has 0 atom stereocenters. The number of hydrogen-bond acceptors (Lipinski definition) is 4. The Labute approximate surface area is 79.0 Å². The maximum atomic E-state index is 10.6. The van der Waals surface area contributed by atoms with E-state index in [1.165, 1.54) is 18.5 Å². The summed E-state index contributed by atoms with van der Waals surface area (Å²) >= 11 is 0. The Hall–Kier alpha value is -1.10. The molecule has 63 valence electrons. The molecule has 12 heavy (non-hydrogen) atoms. The van der Waals surface area contributed by atoms with Gasteiger partial charge in [-0.15, -0.1) is 0 Å². The fourth-order valence-corrected chi connectivity index (χ4v) is 0.656. The van der Waals surface area contributed by atoms with Crippen LogP contribution in [0, 0.1) is 0 Å². The smallest absolute Gasteiger partial charge is 0.365 e. The number of pyridine rings is 1. The van der Waals surface area contributed by atoms with E-state index in [1.807, 2.05) is 0 Å². The number of carbonyl (C=O) groups excluding carboxylic acids is 1. The number of amides is 1. The molecule has 0 unspecified atom stereocenters. The van der Waals surface area contributed by atoms with Crippen molar-refractivity contribution in [3.63, 3.8) is 0 Å². The Balaban J connectivity index is 0.00000121. The molecule has 0 aliphatic heterocycles. The van der Waals surface area contributed by atoms with Crippen LogP contribution in [0.3, 0.4) is 0 Å². The summed E-state index contributed by atoms with van der Waals surface area (Å²) in [7, 11) is 0. The van der Waals surface area contributed by atoms with Crippen LogP contribution in [0.15, 0.2) is 18.5 Å². The number of nitrogens with two attached hydrogens (primary N) is 1. The predicted octanol–water partition coefficient (Wildman–Crippen LogP) is 0.0298. The standard InChI is InChI=1S/C6H6N2O3.Fe/c7-6(9)4-1-2-8-3-5(4)11-10;/h1-3,10H,(H2,7,9);/q;+3. The quantitative estimate of drug-likeness (QED) is 0.409. The molecule has 0 spiro atoms. The molecule has 3 N–H and O–H groups in total. The molecule has 1 radical (unpaired) electrons. The van der Waals surface area contributed by atoms with Crippen molar-refractivity contribution >= 4 is 5.91 Å². The number of aromatic nitrogens is 1. The number of primary amides is 1. The first-order valence-corrected chi connectivity index (χ1v) is 2.81. The molecular formula is C6H6FeN2O3+3. The third-order valence-corrected chi connectivity index (χ3v) is 1.15. The summed E-state index contributed by atoms with van der Waals surface area (Å²) in [5.74, 6) is -0.712. The molecule has 1 aromatic rings. The third kappa shape index (κ3) is 2.20. The molecule has 0 aromatic carbocycles. The van der Waals surface area contributed by atoms with E-state index in [4.69, 9.17) is 11.0 Å². The Kier molecular flexibility index (Phi) is 4.28. The average Bonchev–Trinajstić information content (AvgIpc) is 2.04. The average molecular weight is 210 g/mol. The topological polar surface area (TPSA) is 85.4 Å². The molecule has 1 aromatic heterocycles. The molecule has 0 fully saturated rings. The predicted molar refractivity (Wildman–Crippen MR) is 36.0 cm³/mol. The number of nitrogens with zero attached hydrogens (tertiary/aromatic N) is 1. The second kappa shape index (κ2) is 4.71. The normalized spacial score (nSPS) is 8.42. The van der Waals surface area contributed by atoms with Crippen LogP contribution in [-0.2, 0) is 17.1 Å². The van der Waals surface area contributed by atoms with Crippen LogP contribution in [0.4, 0.5) is 0 Å². The van der Waals surface area contributed by atoms with Gasteiger partial charge in [0.15, 0.2) is 5.75 Å². The molecule has 1 heterocycles. The van der Waals surface area contributed by atoms with Gasteiger partial charge in [-0.2, -0.15) is 0 Å². The maximum absolute atomic E-state index is 10.6. The van der Waals surface area contributed by atoms with Crippen molar-refractivity contribution in [2.45, 2.75) is 0 Å². The Bertz CT molecular complexity index is 279. The molecule has 0 bridgehead atoms. The van der Waals surface area contributed by atoms with Crippen molar-refractivity contribution in [3.8, 4) is 5.75 Å². The van der Waals surface area contributed by atoms with Gasteiger partial charge in [0.05, 0.1) is 11.8 Å². The van der Waals surface area contributed by atoms with Gasteiger partial charge in [-0.25, -0.2) is 5.26 Å². The van der Waals surface area contributed by atoms with E-state index in [0.29, 0.717) is 0 Å². The van der Waals surface area contributed by atoms with E-state index in [9.17, 15) is 4.79 Å². The first kappa shape index (κ1) is 10.9. The van der Waals surface area contributed by atoms with Gasteiger partial charge in [0.2, 0.25) is 0 Å². The van der Waals surface area contributed by atoms with Gasteiger partial charge in [0, 0.05) is 6.20 Å². The van der Waals surface area contributed by atoms with Gasteiger partial charge < -0.3 is 10.6 Å². The van der Waals surface area contributed by atoms with E-state index in [-0.39, 0.29) is 28.4 Å². The van der Waals surface area contributed by atoms with Crippen LogP contribution < -0.4 is 10.6 Å². The summed E-state index contributed by atoms with van der Waals surface area (Å²) in [5.41, 5.74) is 5.03. The van der Waals surface area contributed by atoms with Gasteiger partial charge in [0.1, 0.15) is 0 Å². The zero-order valence-corrected chi connectivity index (χ0v) is 6.98. The van der Waals surface area contributed by atoms with E-state index in [2.05, 4.69) is 9.87 Å². The number of hydrogen-bond donors (Lipinski definition) is 2. The Morgan fingerprint density at radius 3 is 2.75 bits per heavy atom. The monoisotopic (exact) mass is 210 g/mol. The van der Waals surface area contributed by atoms with E-state index >= 15 is 0 Å². The van der Waals surface area contributed by atoms with Crippen molar-refractivity contribution in [1.29, 1.82) is 0 Å². The summed E-state index contributed by atoms with van der Waals surface area (Å²) in [5, 5.41) is 8.22. The zero-order chi connectivity index (χ0) is 8.27. The molecule has 0 saturated heterocycles. The molecule has 1 rings (SSSR count). The van der Waals surface area contributed by atoms with Gasteiger partial charge >= 0.3 is 17.1 Å². The SMILES string of the molecule is NC(=O)c1ccncc1OO.[Fe+3]. The summed E-state index contributed by atoms with van der Waals surface area (Å²) < 4.78 is 0. The van der Waals surface area contributed by atoms with Crippen LogP contribution in [0.1, 0.15) is 10.4 Å². The van der Waals surface area contributed by atoms with Crippen molar-refractivity contribution in [1.82, 2.24) is 4.98 Å². The molecule has 0 aliphatic rings. The first-order valence-electron chi connectivity index (χ1n) is 2.81. The number of rotatable bonds is 2. The Morgan fingerprint density at radius 2 is 2.33 bits per heavy atom. The second-order valence-corrected chi connectivity index (χ2v) is 1.83. The van der Waals surface area contributed by atoms with Crippen LogP contribution in [0.2, 0.25) is 0 Å². The molecule has 0 aliphatic carbocycles. The van der Waals surface area contributed by atoms with E-state index in [0.717, 1.165) is 0 Å². The van der Waals surface area contributed by atoms with Crippen LogP contribution in [-0.4, -0.2) is 16.1 Å². The van der Waals surface area contributed by atoms with Crippen LogP contribution in [0.5, 0.6) is 5.75 Å². The second-order valence-electron chi connectivity index (χ2n) is 1.83. The van der Waals surface area contributed by atoms with Gasteiger partial charge in [-0.05, 0) is 6.07 Å². The van der Waals surface area contributed by atoms with Crippen molar-refractivity contribution in [2.75, 3.05) is 0 Å². The summed E-state index contributed by atoms with van der Waals surface area (Å²) in [6.45, 7) is 0. The molecule has 0 saturated carbocycles. The minimum absolute atomic E-state index is 0. The fraction of sp³-hybridized carbons (Fsp3) is 0. The molecule has 6 heteroatoms. The fourth-order valence-electron chi connectivity index (χ4n) is 0.656. The summed E-state index contributed by atoms with van der Waals surface area (Å²) in [6.07, 6.45) is 2.57. The van der Waals surface area contributed by atoms with Gasteiger partial charge in [0.25, 0.3) is 5.91 Å². The zero-order valence-electron chi connectivity index (χ0n) is 5.87. The van der Waals surface area contributed by atoms with Crippen molar-refractivity contribution in [2.24, 2.45) is 5.73 Å². The molecule has 1 amide bonds. The third-order valence-electron chi connectivity index (χ3n) is 1.15. The number of carbonyl (C=O) groups is 1. The first-order chi connectivity index (χ1) is 5.25. The maximum Gasteiger partial charge on any atom is 3.00 e. The molecule has 5 nitrogen and oxygen atoms in total. The Morgan fingerprint density at radius 1 is 1.67 bits per heavy atom. The largest absolute Gasteiger partial charge is 3.00 e. The van der Waals surface area contributed by atoms with Crippen molar-refractivity contribution < 1.29 is 32.0 Å².